The first-order valence-electron chi connectivity index (χ1n) is 10.6. The topological polar surface area (TPSA) is 88.6 Å². The molecule has 0 amide bonds. The summed E-state index contributed by atoms with van der Waals surface area (Å²) in [6.45, 7) is 1.92. The van der Waals surface area contributed by atoms with E-state index in [1.807, 2.05) is 31.2 Å². The molecule has 1 fully saturated rings. The molecule has 7 heteroatoms. The van der Waals surface area contributed by atoms with Crippen LogP contribution < -0.4 is 0 Å². The Morgan fingerprint density at radius 3 is 2.50 bits per heavy atom. The summed E-state index contributed by atoms with van der Waals surface area (Å²) in [6, 6.07) is 18.6. The first-order chi connectivity index (χ1) is 15.4. The molecule has 4 aromatic rings. The van der Waals surface area contributed by atoms with Gasteiger partial charge in [-0.15, -0.1) is 0 Å². The summed E-state index contributed by atoms with van der Waals surface area (Å²) < 4.78 is 27.7. The zero-order valence-electron chi connectivity index (χ0n) is 17.7. The second kappa shape index (κ2) is 7.57. The van der Waals surface area contributed by atoms with Gasteiger partial charge >= 0.3 is 0 Å². The lowest BCUT2D eigenvalue weighted by Gasteiger charge is -2.20. The third-order valence-electron chi connectivity index (χ3n) is 6.32. The van der Waals surface area contributed by atoms with Gasteiger partial charge in [0, 0.05) is 23.3 Å². The van der Waals surface area contributed by atoms with Crippen LogP contribution in [-0.2, 0) is 15.4 Å². The van der Waals surface area contributed by atoms with Gasteiger partial charge in [0.1, 0.15) is 0 Å². The highest BCUT2D eigenvalue weighted by molar-refractivity contribution is 7.90. The maximum absolute atomic E-state index is 13.2. The fraction of sp³-hybridized carbons (Fsp3) is 0.240. The Hall–Kier alpha value is -3.50. The van der Waals surface area contributed by atoms with Crippen molar-refractivity contribution in [1.82, 2.24) is 13.9 Å². The summed E-state index contributed by atoms with van der Waals surface area (Å²) in [5, 5.41) is 10.6. The largest absolute Gasteiger partial charge is 0.269 e. The van der Waals surface area contributed by atoms with Gasteiger partial charge in [0.25, 0.3) is 10.0 Å². The van der Waals surface area contributed by atoms with E-state index in [1.165, 1.54) is 10.2 Å². The van der Waals surface area contributed by atoms with Gasteiger partial charge in [-0.2, -0.15) is 5.26 Å². The standard InChI is InChI=1S/C25H22N4O2S/c1-18-7-9-19(10-8-18)32(30,31)29-16-12-21-20(11-15-27-24(21)29)22-5-4-6-23(28-22)25(17-26)13-2-3-14-25/h4-12,15-16H,2-3,13-14H2,1H3. The van der Waals surface area contributed by atoms with Crippen molar-refractivity contribution in [2.75, 3.05) is 0 Å². The van der Waals surface area contributed by atoms with Crippen molar-refractivity contribution in [2.24, 2.45) is 0 Å². The van der Waals surface area contributed by atoms with Crippen LogP contribution in [-0.4, -0.2) is 22.4 Å². The van der Waals surface area contributed by atoms with Crippen LogP contribution in [0.15, 0.2) is 71.9 Å². The summed E-state index contributed by atoms with van der Waals surface area (Å²) in [4.78, 5) is 9.43. The van der Waals surface area contributed by atoms with E-state index < -0.39 is 15.4 Å². The Labute approximate surface area is 187 Å². The average molecular weight is 443 g/mol. The van der Waals surface area contributed by atoms with Crippen molar-refractivity contribution in [1.29, 1.82) is 5.26 Å². The van der Waals surface area contributed by atoms with Crippen LogP contribution in [0.1, 0.15) is 36.9 Å². The Kier molecular flexibility index (Phi) is 4.83. The summed E-state index contributed by atoms with van der Waals surface area (Å²) in [5.41, 5.74) is 3.09. The maximum atomic E-state index is 13.2. The number of aromatic nitrogens is 3. The lowest BCUT2D eigenvalue weighted by molar-refractivity contribution is 0.555. The molecule has 160 valence electrons. The van der Waals surface area contributed by atoms with E-state index in [0.29, 0.717) is 16.7 Å². The van der Waals surface area contributed by atoms with Crippen LogP contribution >= 0.6 is 0 Å². The molecular weight excluding hydrogens is 420 g/mol. The van der Waals surface area contributed by atoms with Crippen LogP contribution in [0, 0.1) is 18.3 Å². The number of hydrogen-bond acceptors (Lipinski definition) is 5. The highest BCUT2D eigenvalue weighted by atomic mass is 32.2. The Morgan fingerprint density at radius 1 is 1.03 bits per heavy atom. The van der Waals surface area contributed by atoms with Crippen LogP contribution in [0.2, 0.25) is 0 Å². The molecule has 0 spiro atoms. The molecule has 0 unspecified atom stereocenters. The molecule has 5 rings (SSSR count). The van der Waals surface area contributed by atoms with Gasteiger partial charge in [-0.1, -0.05) is 36.6 Å². The Balaban J connectivity index is 1.63. The molecule has 1 aliphatic carbocycles. The van der Waals surface area contributed by atoms with E-state index in [1.54, 1.807) is 36.5 Å². The van der Waals surface area contributed by atoms with Crippen LogP contribution in [0.3, 0.4) is 0 Å². The second-order valence-corrected chi connectivity index (χ2v) is 10.1. The van der Waals surface area contributed by atoms with Crippen molar-refractivity contribution in [2.45, 2.75) is 42.9 Å². The van der Waals surface area contributed by atoms with Crippen LogP contribution in [0.25, 0.3) is 22.3 Å². The van der Waals surface area contributed by atoms with Crippen molar-refractivity contribution in [3.63, 3.8) is 0 Å². The molecular formula is C25H22N4O2S. The molecule has 0 radical (unpaired) electrons. The van der Waals surface area contributed by atoms with Gasteiger partial charge in [0.15, 0.2) is 5.65 Å². The second-order valence-electron chi connectivity index (χ2n) is 8.33. The predicted molar refractivity (Wildman–Crippen MR) is 122 cm³/mol. The van der Waals surface area contributed by atoms with Gasteiger partial charge in [-0.05, 0) is 56.2 Å². The van der Waals surface area contributed by atoms with Crippen LogP contribution in [0.4, 0.5) is 0 Å². The molecule has 0 aliphatic heterocycles. The average Bonchev–Trinajstić information content (AvgIpc) is 3.48. The highest BCUT2D eigenvalue weighted by Gasteiger charge is 2.37. The van der Waals surface area contributed by atoms with Crippen molar-refractivity contribution >= 4 is 21.1 Å². The maximum Gasteiger partial charge on any atom is 0.269 e. The lowest BCUT2D eigenvalue weighted by atomic mass is 9.84. The smallest absolute Gasteiger partial charge is 0.251 e. The monoisotopic (exact) mass is 442 g/mol. The SMILES string of the molecule is Cc1ccc(S(=O)(=O)n2ccc3c(-c4cccc(C5(C#N)CCCC5)n4)ccnc32)cc1. The van der Waals surface area contributed by atoms with Gasteiger partial charge in [0.2, 0.25) is 0 Å². The molecule has 3 heterocycles. The third kappa shape index (κ3) is 3.19. The highest BCUT2D eigenvalue weighted by Crippen LogP contribution is 2.40. The van der Waals surface area contributed by atoms with Gasteiger partial charge in [-0.3, -0.25) is 4.98 Å². The van der Waals surface area contributed by atoms with Gasteiger partial charge in [-0.25, -0.2) is 17.4 Å². The van der Waals surface area contributed by atoms with E-state index in [0.717, 1.165) is 42.5 Å². The summed E-state index contributed by atoms with van der Waals surface area (Å²) >= 11 is 0. The third-order valence-corrected chi connectivity index (χ3v) is 8.00. The molecule has 1 aromatic carbocycles. The van der Waals surface area contributed by atoms with E-state index in [2.05, 4.69) is 11.1 Å². The Morgan fingerprint density at radius 2 is 1.78 bits per heavy atom. The number of rotatable bonds is 4. The number of nitriles is 1. The molecule has 0 N–H and O–H groups in total. The molecule has 1 aliphatic rings. The summed E-state index contributed by atoms with van der Waals surface area (Å²) in [6.07, 6.45) is 6.82. The quantitative estimate of drug-likeness (QED) is 0.445. The normalized spacial score (nSPS) is 15.6. The number of pyridine rings is 2. The van der Waals surface area contributed by atoms with Crippen molar-refractivity contribution < 1.29 is 8.42 Å². The van der Waals surface area contributed by atoms with E-state index in [9.17, 15) is 13.7 Å². The lowest BCUT2D eigenvalue weighted by Crippen LogP contribution is -2.21. The summed E-state index contributed by atoms with van der Waals surface area (Å²) in [7, 11) is -3.78. The Bertz CT molecular complexity index is 1460. The van der Waals surface area contributed by atoms with Gasteiger partial charge in [0.05, 0.1) is 27.8 Å². The van der Waals surface area contributed by atoms with Gasteiger partial charge < -0.3 is 0 Å². The predicted octanol–water partition coefficient (Wildman–Crippen LogP) is 4.98. The van der Waals surface area contributed by atoms with E-state index >= 15 is 0 Å². The fourth-order valence-electron chi connectivity index (χ4n) is 4.51. The van der Waals surface area contributed by atoms with E-state index in [-0.39, 0.29) is 4.90 Å². The molecule has 3 aromatic heterocycles. The minimum absolute atomic E-state index is 0.213. The zero-order valence-corrected chi connectivity index (χ0v) is 18.5. The summed E-state index contributed by atoms with van der Waals surface area (Å²) in [5.74, 6) is 0. The zero-order chi connectivity index (χ0) is 22.3. The fourth-order valence-corrected chi connectivity index (χ4v) is 5.81. The van der Waals surface area contributed by atoms with Crippen molar-refractivity contribution in [3.05, 3.63) is 78.2 Å². The number of nitrogens with zero attached hydrogens (tertiary/aromatic N) is 4. The number of benzene rings is 1. The van der Waals surface area contributed by atoms with Crippen molar-refractivity contribution in [3.8, 4) is 17.3 Å². The number of fused-ring (bicyclic) bond motifs is 1. The first kappa shape index (κ1) is 20.4. The molecule has 1 saturated carbocycles. The molecule has 32 heavy (non-hydrogen) atoms. The minimum Gasteiger partial charge on any atom is -0.251 e. The number of hydrogen-bond donors (Lipinski definition) is 0. The minimum atomic E-state index is -3.78. The molecule has 0 atom stereocenters. The van der Waals surface area contributed by atoms with Crippen LogP contribution in [0.5, 0.6) is 0 Å². The molecule has 0 saturated heterocycles. The number of aryl methyl sites for hydroxylation is 1. The first-order valence-corrected chi connectivity index (χ1v) is 12.1. The van der Waals surface area contributed by atoms with E-state index in [4.69, 9.17) is 4.98 Å². The molecule has 6 nitrogen and oxygen atoms in total. The molecule has 0 bridgehead atoms.